The van der Waals surface area contributed by atoms with Gasteiger partial charge in [-0.1, -0.05) is 65.8 Å². The summed E-state index contributed by atoms with van der Waals surface area (Å²) >= 11 is 7.36. The molecule has 156 valence electrons. The summed E-state index contributed by atoms with van der Waals surface area (Å²) in [6.45, 7) is 0. The molecular weight excluding hydrogens is 435 g/mol. The number of nitrogens with one attached hydrogen (secondary N) is 1. The Hall–Kier alpha value is -3.16. The van der Waals surface area contributed by atoms with Gasteiger partial charge in [0.1, 0.15) is 11.6 Å². The van der Waals surface area contributed by atoms with E-state index in [4.69, 9.17) is 11.6 Å². The minimum Gasteiger partial charge on any atom is -0.324 e. The van der Waals surface area contributed by atoms with Crippen molar-refractivity contribution in [3.63, 3.8) is 0 Å². The van der Waals surface area contributed by atoms with Crippen LogP contribution in [0.3, 0.4) is 0 Å². The lowest BCUT2D eigenvalue weighted by Crippen LogP contribution is -2.15. The van der Waals surface area contributed by atoms with E-state index in [-0.39, 0.29) is 17.5 Å². The van der Waals surface area contributed by atoms with Crippen molar-refractivity contribution < 1.29 is 9.18 Å². The van der Waals surface area contributed by atoms with Crippen molar-refractivity contribution in [1.82, 2.24) is 14.8 Å². The Labute approximate surface area is 188 Å². The monoisotopic (exact) mass is 452 g/mol. The van der Waals surface area contributed by atoms with Crippen LogP contribution in [0.15, 0.2) is 84.0 Å². The molecule has 0 spiro atoms. The summed E-state index contributed by atoms with van der Waals surface area (Å²) in [5.74, 6) is 0.286. The summed E-state index contributed by atoms with van der Waals surface area (Å²) in [6.07, 6.45) is 0.553. The maximum Gasteiger partial charge on any atom is 0.234 e. The number of hydrogen-bond acceptors (Lipinski definition) is 4. The van der Waals surface area contributed by atoms with Crippen LogP contribution in [0.4, 0.5) is 10.1 Å². The van der Waals surface area contributed by atoms with Crippen LogP contribution < -0.4 is 5.32 Å². The van der Waals surface area contributed by atoms with Gasteiger partial charge in [-0.05, 0) is 42.0 Å². The molecule has 1 heterocycles. The van der Waals surface area contributed by atoms with Gasteiger partial charge in [0.05, 0.1) is 16.5 Å². The summed E-state index contributed by atoms with van der Waals surface area (Å²) < 4.78 is 15.3. The van der Waals surface area contributed by atoms with Crippen LogP contribution in [0.1, 0.15) is 11.4 Å². The Morgan fingerprint density at radius 3 is 2.42 bits per heavy atom. The number of amides is 1. The molecule has 5 nitrogen and oxygen atoms in total. The van der Waals surface area contributed by atoms with Gasteiger partial charge in [0.15, 0.2) is 5.16 Å². The van der Waals surface area contributed by atoms with Gasteiger partial charge in [-0.2, -0.15) is 0 Å². The number of rotatable bonds is 7. The molecule has 8 heteroatoms. The van der Waals surface area contributed by atoms with Crippen LogP contribution in [0, 0.1) is 5.82 Å². The Morgan fingerprint density at radius 2 is 1.68 bits per heavy atom. The van der Waals surface area contributed by atoms with Crippen molar-refractivity contribution in [2.75, 3.05) is 11.1 Å². The van der Waals surface area contributed by atoms with Crippen LogP contribution in [-0.4, -0.2) is 26.4 Å². The minimum absolute atomic E-state index is 0.121. The molecule has 4 rings (SSSR count). The molecule has 0 radical (unpaired) electrons. The second-order valence-electron chi connectivity index (χ2n) is 6.69. The number of benzene rings is 3. The SMILES string of the molecule is O=C(CSc1nnc(Cc2ccccc2)n1-c1ccc(F)cc1)Nc1ccccc1Cl. The Balaban J connectivity index is 1.56. The molecule has 1 aromatic heterocycles. The zero-order valence-electron chi connectivity index (χ0n) is 16.3. The Kier molecular flexibility index (Phi) is 6.64. The van der Waals surface area contributed by atoms with Gasteiger partial charge >= 0.3 is 0 Å². The van der Waals surface area contributed by atoms with Crippen LogP contribution in [0.25, 0.3) is 5.69 Å². The van der Waals surface area contributed by atoms with Gasteiger partial charge in [-0.3, -0.25) is 9.36 Å². The van der Waals surface area contributed by atoms with Gasteiger partial charge in [0.25, 0.3) is 0 Å². The molecule has 0 bridgehead atoms. The zero-order valence-corrected chi connectivity index (χ0v) is 17.9. The average molecular weight is 453 g/mol. The topological polar surface area (TPSA) is 59.8 Å². The zero-order chi connectivity index (χ0) is 21.6. The molecular formula is C23H18ClFN4OS. The Bertz CT molecular complexity index is 1180. The first-order valence-corrected chi connectivity index (χ1v) is 10.9. The lowest BCUT2D eigenvalue weighted by Gasteiger charge is -2.11. The van der Waals surface area contributed by atoms with E-state index in [0.29, 0.717) is 28.1 Å². The number of thioether (sulfide) groups is 1. The van der Waals surface area contributed by atoms with Gasteiger partial charge in [-0.15, -0.1) is 10.2 Å². The third-order valence-electron chi connectivity index (χ3n) is 4.47. The molecule has 31 heavy (non-hydrogen) atoms. The standard InChI is InChI=1S/C23H18ClFN4OS/c24-19-8-4-5-9-20(19)26-22(30)15-31-23-28-27-21(14-16-6-2-1-3-7-16)29(23)18-12-10-17(25)11-13-18/h1-13H,14-15H2,(H,26,30). The van der Waals surface area contributed by atoms with E-state index in [1.54, 1.807) is 36.4 Å². The van der Waals surface area contributed by atoms with E-state index < -0.39 is 0 Å². The lowest BCUT2D eigenvalue weighted by molar-refractivity contribution is -0.113. The summed E-state index contributed by atoms with van der Waals surface area (Å²) in [5, 5.41) is 12.4. The number of aromatic nitrogens is 3. The molecule has 0 aliphatic heterocycles. The molecule has 0 aliphatic rings. The number of halogens is 2. The van der Waals surface area contributed by atoms with Crippen LogP contribution in [0.2, 0.25) is 5.02 Å². The van der Waals surface area contributed by atoms with Crippen LogP contribution in [-0.2, 0) is 11.2 Å². The van der Waals surface area contributed by atoms with E-state index in [1.165, 1.54) is 23.9 Å². The van der Waals surface area contributed by atoms with Gasteiger partial charge < -0.3 is 5.32 Å². The molecule has 0 unspecified atom stereocenters. The average Bonchev–Trinajstić information content (AvgIpc) is 3.17. The molecule has 0 saturated heterocycles. The maximum absolute atomic E-state index is 13.5. The first-order valence-electron chi connectivity index (χ1n) is 9.51. The van der Waals surface area contributed by atoms with Crippen LogP contribution in [0.5, 0.6) is 0 Å². The number of anilines is 1. The predicted molar refractivity (Wildman–Crippen MR) is 121 cm³/mol. The molecule has 1 amide bonds. The molecule has 4 aromatic rings. The van der Waals surface area contributed by atoms with Gasteiger partial charge in [-0.25, -0.2) is 4.39 Å². The summed E-state index contributed by atoms with van der Waals surface area (Å²) in [7, 11) is 0. The summed E-state index contributed by atoms with van der Waals surface area (Å²) in [4.78, 5) is 12.4. The van der Waals surface area contributed by atoms with E-state index in [1.807, 2.05) is 34.9 Å². The fraction of sp³-hybridized carbons (Fsp3) is 0.0870. The fourth-order valence-corrected chi connectivity index (χ4v) is 3.97. The van der Waals surface area contributed by atoms with Crippen molar-refractivity contribution in [2.24, 2.45) is 0 Å². The third-order valence-corrected chi connectivity index (χ3v) is 5.73. The molecule has 3 aromatic carbocycles. The molecule has 0 fully saturated rings. The second kappa shape index (κ2) is 9.76. The minimum atomic E-state index is -0.324. The summed E-state index contributed by atoms with van der Waals surface area (Å²) in [6, 6.07) is 23.1. The smallest absolute Gasteiger partial charge is 0.234 e. The van der Waals surface area contributed by atoms with Crippen molar-refractivity contribution in [1.29, 1.82) is 0 Å². The van der Waals surface area contributed by atoms with E-state index in [0.717, 1.165) is 11.3 Å². The van der Waals surface area contributed by atoms with Crippen molar-refractivity contribution in [2.45, 2.75) is 11.6 Å². The van der Waals surface area contributed by atoms with E-state index in [9.17, 15) is 9.18 Å². The molecule has 1 N–H and O–H groups in total. The predicted octanol–water partition coefficient (Wildman–Crippen LogP) is 5.38. The quantitative estimate of drug-likeness (QED) is 0.382. The highest BCUT2D eigenvalue weighted by Gasteiger charge is 2.17. The van der Waals surface area contributed by atoms with Gasteiger partial charge in [0, 0.05) is 12.1 Å². The number of hydrogen-bond donors (Lipinski definition) is 1. The summed E-state index contributed by atoms with van der Waals surface area (Å²) in [5.41, 5.74) is 2.36. The highest BCUT2D eigenvalue weighted by atomic mass is 35.5. The lowest BCUT2D eigenvalue weighted by atomic mass is 10.1. The Morgan fingerprint density at radius 1 is 0.968 bits per heavy atom. The number of carbonyl (C=O) groups is 1. The highest BCUT2D eigenvalue weighted by Crippen LogP contribution is 2.25. The second-order valence-corrected chi connectivity index (χ2v) is 8.04. The number of carbonyl (C=O) groups excluding carboxylic acids is 1. The van der Waals surface area contributed by atoms with Crippen molar-refractivity contribution in [3.8, 4) is 5.69 Å². The highest BCUT2D eigenvalue weighted by molar-refractivity contribution is 7.99. The number of para-hydroxylation sites is 1. The van der Waals surface area contributed by atoms with Gasteiger partial charge in [0.2, 0.25) is 5.91 Å². The number of nitrogens with zero attached hydrogens (tertiary/aromatic N) is 3. The van der Waals surface area contributed by atoms with Crippen LogP contribution >= 0.6 is 23.4 Å². The third kappa shape index (κ3) is 5.31. The maximum atomic E-state index is 13.5. The fourth-order valence-electron chi connectivity index (χ4n) is 3.02. The molecule has 0 saturated carbocycles. The van der Waals surface area contributed by atoms with E-state index in [2.05, 4.69) is 15.5 Å². The first-order chi connectivity index (χ1) is 15.1. The molecule has 0 aliphatic carbocycles. The van der Waals surface area contributed by atoms with Crippen molar-refractivity contribution >= 4 is 35.0 Å². The van der Waals surface area contributed by atoms with Crippen molar-refractivity contribution in [3.05, 3.63) is 101 Å². The largest absolute Gasteiger partial charge is 0.324 e. The normalized spacial score (nSPS) is 10.8. The first kappa shape index (κ1) is 21.1. The molecule has 0 atom stereocenters. The van der Waals surface area contributed by atoms with E-state index >= 15 is 0 Å².